The molecule has 0 bridgehead atoms. The molecular weight excluding hydrogens is 310 g/mol. The minimum absolute atomic E-state index is 1.13. The molecule has 0 saturated carbocycles. The third-order valence-corrected chi connectivity index (χ3v) is 4.05. The normalized spacial score (nSPS) is 11.0. The van der Waals surface area contributed by atoms with Gasteiger partial charge in [0.2, 0.25) is 0 Å². The number of halogens is 1. The lowest BCUT2D eigenvalue weighted by Gasteiger charge is -2.07. The summed E-state index contributed by atoms with van der Waals surface area (Å²) in [6.45, 7) is 1.26. The standard InChI is InChI=1S/C18H22BrN/c1-20(2)14-4-3-5-15-6-8-16(9-7-15)17-10-12-18(19)13-11-17/h6-13H,3-5,14H2,1-2H3/p+1. The summed E-state index contributed by atoms with van der Waals surface area (Å²) in [7, 11) is 4.43. The van der Waals surface area contributed by atoms with Crippen molar-refractivity contribution in [2.24, 2.45) is 0 Å². The Morgan fingerprint density at radius 1 is 0.800 bits per heavy atom. The molecule has 2 heteroatoms. The molecule has 0 amide bonds. The van der Waals surface area contributed by atoms with Gasteiger partial charge in [-0.25, -0.2) is 0 Å². The number of nitrogens with one attached hydrogen (secondary N) is 1. The van der Waals surface area contributed by atoms with E-state index in [0.717, 1.165) is 4.47 Å². The molecule has 20 heavy (non-hydrogen) atoms. The van der Waals surface area contributed by atoms with E-state index in [4.69, 9.17) is 0 Å². The Labute approximate surface area is 130 Å². The lowest BCUT2D eigenvalue weighted by Crippen LogP contribution is -3.05. The van der Waals surface area contributed by atoms with Gasteiger partial charge in [-0.1, -0.05) is 52.3 Å². The van der Waals surface area contributed by atoms with Crippen LogP contribution in [0.3, 0.4) is 0 Å². The van der Waals surface area contributed by atoms with Crippen LogP contribution in [0.2, 0.25) is 0 Å². The molecular formula is C18H23BrN+. The minimum atomic E-state index is 1.13. The van der Waals surface area contributed by atoms with Crippen molar-refractivity contribution in [3.05, 3.63) is 58.6 Å². The predicted octanol–water partition coefficient (Wildman–Crippen LogP) is 3.58. The second kappa shape index (κ2) is 7.61. The third-order valence-electron chi connectivity index (χ3n) is 3.52. The molecule has 0 aliphatic rings. The first-order valence-corrected chi connectivity index (χ1v) is 8.08. The van der Waals surface area contributed by atoms with Crippen LogP contribution in [0, 0.1) is 0 Å². The zero-order valence-corrected chi connectivity index (χ0v) is 13.9. The van der Waals surface area contributed by atoms with Crippen molar-refractivity contribution < 1.29 is 4.90 Å². The molecule has 2 aromatic rings. The fourth-order valence-electron chi connectivity index (χ4n) is 2.31. The fourth-order valence-corrected chi connectivity index (χ4v) is 2.58. The first-order valence-electron chi connectivity index (χ1n) is 7.29. The van der Waals surface area contributed by atoms with Crippen molar-refractivity contribution in [1.29, 1.82) is 0 Å². The van der Waals surface area contributed by atoms with Gasteiger partial charge >= 0.3 is 0 Å². The molecule has 0 spiro atoms. The van der Waals surface area contributed by atoms with E-state index in [0.29, 0.717) is 0 Å². The van der Waals surface area contributed by atoms with Gasteiger partial charge in [0.1, 0.15) is 0 Å². The van der Waals surface area contributed by atoms with Gasteiger partial charge in [0.05, 0.1) is 20.6 Å². The van der Waals surface area contributed by atoms with E-state index in [-0.39, 0.29) is 0 Å². The van der Waals surface area contributed by atoms with Crippen LogP contribution in [0.1, 0.15) is 18.4 Å². The summed E-state index contributed by atoms with van der Waals surface area (Å²) in [6.07, 6.45) is 3.77. The van der Waals surface area contributed by atoms with Gasteiger partial charge in [0, 0.05) is 4.47 Å². The van der Waals surface area contributed by atoms with E-state index < -0.39 is 0 Å². The maximum atomic E-state index is 3.47. The Balaban J connectivity index is 1.91. The van der Waals surface area contributed by atoms with Gasteiger partial charge in [-0.2, -0.15) is 0 Å². The van der Waals surface area contributed by atoms with Gasteiger partial charge < -0.3 is 4.90 Å². The lowest BCUT2D eigenvalue weighted by atomic mass is 10.0. The fraction of sp³-hybridized carbons (Fsp3) is 0.333. The molecule has 0 aliphatic carbocycles. The average molecular weight is 333 g/mol. The van der Waals surface area contributed by atoms with E-state index in [1.807, 2.05) is 0 Å². The summed E-state index contributed by atoms with van der Waals surface area (Å²) < 4.78 is 1.13. The van der Waals surface area contributed by atoms with Gasteiger partial charge in [0.15, 0.2) is 0 Å². The lowest BCUT2D eigenvalue weighted by molar-refractivity contribution is -0.858. The van der Waals surface area contributed by atoms with Crippen LogP contribution < -0.4 is 4.90 Å². The van der Waals surface area contributed by atoms with E-state index in [1.165, 1.54) is 47.4 Å². The molecule has 1 N–H and O–H groups in total. The summed E-state index contributed by atoms with van der Waals surface area (Å²) in [4.78, 5) is 1.54. The molecule has 2 rings (SSSR count). The van der Waals surface area contributed by atoms with Crippen molar-refractivity contribution in [3.8, 4) is 11.1 Å². The highest BCUT2D eigenvalue weighted by molar-refractivity contribution is 9.10. The molecule has 1 nitrogen and oxygen atoms in total. The summed E-state index contributed by atoms with van der Waals surface area (Å²) in [5.41, 5.74) is 4.01. The van der Waals surface area contributed by atoms with Crippen molar-refractivity contribution in [1.82, 2.24) is 0 Å². The molecule has 0 radical (unpaired) electrons. The van der Waals surface area contributed by atoms with Crippen molar-refractivity contribution in [3.63, 3.8) is 0 Å². The number of hydrogen-bond donors (Lipinski definition) is 1. The number of hydrogen-bond acceptors (Lipinski definition) is 0. The Kier molecular flexibility index (Phi) is 5.81. The second-order valence-corrected chi connectivity index (χ2v) is 6.53. The van der Waals surface area contributed by atoms with E-state index >= 15 is 0 Å². The highest BCUT2D eigenvalue weighted by atomic mass is 79.9. The van der Waals surface area contributed by atoms with E-state index in [2.05, 4.69) is 78.6 Å². The summed E-state index contributed by atoms with van der Waals surface area (Å²) in [5.74, 6) is 0. The highest BCUT2D eigenvalue weighted by Crippen LogP contribution is 2.22. The smallest absolute Gasteiger partial charge is 0.0766 e. The topological polar surface area (TPSA) is 4.44 Å². The number of quaternary nitrogens is 1. The van der Waals surface area contributed by atoms with Crippen LogP contribution in [0.15, 0.2) is 53.0 Å². The highest BCUT2D eigenvalue weighted by Gasteiger charge is 1.99. The second-order valence-electron chi connectivity index (χ2n) is 5.62. The van der Waals surface area contributed by atoms with Crippen molar-refractivity contribution >= 4 is 15.9 Å². The Morgan fingerprint density at radius 2 is 1.35 bits per heavy atom. The maximum Gasteiger partial charge on any atom is 0.0766 e. The Bertz CT molecular complexity index is 514. The van der Waals surface area contributed by atoms with Crippen LogP contribution in [0.4, 0.5) is 0 Å². The quantitative estimate of drug-likeness (QED) is 0.771. The molecule has 0 aliphatic heterocycles. The third kappa shape index (κ3) is 4.77. The van der Waals surface area contributed by atoms with Crippen molar-refractivity contribution in [2.45, 2.75) is 19.3 Å². The molecule has 106 valence electrons. The average Bonchev–Trinajstić information content (AvgIpc) is 2.45. The van der Waals surface area contributed by atoms with Crippen molar-refractivity contribution in [2.75, 3.05) is 20.6 Å². The largest absolute Gasteiger partial charge is 0.340 e. The predicted molar refractivity (Wildman–Crippen MR) is 90.2 cm³/mol. The van der Waals surface area contributed by atoms with Crippen LogP contribution in [0.5, 0.6) is 0 Å². The van der Waals surface area contributed by atoms with E-state index in [1.54, 1.807) is 0 Å². The number of unbranched alkanes of at least 4 members (excludes halogenated alkanes) is 1. The molecule has 0 saturated heterocycles. The maximum absolute atomic E-state index is 3.47. The molecule has 0 fully saturated rings. The van der Waals surface area contributed by atoms with Crippen LogP contribution >= 0.6 is 15.9 Å². The SMILES string of the molecule is C[NH+](C)CCCCc1ccc(-c2ccc(Br)cc2)cc1. The number of rotatable bonds is 6. The summed E-state index contributed by atoms with van der Waals surface area (Å²) in [6, 6.07) is 17.5. The van der Waals surface area contributed by atoms with Gasteiger partial charge in [-0.3, -0.25) is 0 Å². The number of aryl methyl sites for hydroxylation is 1. The van der Waals surface area contributed by atoms with Gasteiger partial charge in [0.25, 0.3) is 0 Å². The van der Waals surface area contributed by atoms with E-state index in [9.17, 15) is 0 Å². The summed E-state index contributed by atoms with van der Waals surface area (Å²) in [5, 5.41) is 0. The molecule has 2 aromatic carbocycles. The first-order chi connectivity index (χ1) is 9.65. The monoisotopic (exact) mass is 332 g/mol. The molecule has 0 unspecified atom stereocenters. The Morgan fingerprint density at radius 3 is 1.90 bits per heavy atom. The minimum Gasteiger partial charge on any atom is -0.340 e. The van der Waals surface area contributed by atoms with Crippen LogP contribution in [0.25, 0.3) is 11.1 Å². The first kappa shape index (κ1) is 15.3. The zero-order chi connectivity index (χ0) is 14.4. The van der Waals surface area contributed by atoms with Crippen LogP contribution in [-0.4, -0.2) is 20.6 Å². The van der Waals surface area contributed by atoms with Crippen LogP contribution in [-0.2, 0) is 6.42 Å². The number of benzene rings is 2. The summed E-state index contributed by atoms with van der Waals surface area (Å²) >= 11 is 3.47. The molecule has 0 atom stereocenters. The Hall–Kier alpha value is -1.12. The van der Waals surface area contributed by atoms with Gasteiger partial charge in [-0.05, 0) is 48.1 Å². The molecule has 0 heterocycles. The zero-order valence-electron chi connectivity index (χ0n) is 12.3. The molecule has 0 aromatic heterocycles. The van der Waals surface area contributed by atoms with Gasteiger partial charge in [-0.15, -0.1) is 0 Å².